The highest BCUT2D eigenvalue weighted by Gasteiger charge is 2.18. The number of nitro benzene ring substituents is 1. The second-order valence-corrected chi connectivity index (χ2v) is 5.07. The lowest BCUT2D eigenvalue weighted by Gasteiger charge is -2.01. The number of hydrogen-bond acceptors (Lipinski definition) is 5. The van der Waals surface area contributed by atoms with E-state index in [1.807, 2.05) is 19.1 Å². The van der Waals surface area contributed by atoms with Gasteiger partial charge in [0.25, 0.3) is 5.69 Å². The summed E-state index contributed by atoms with van der Waals surface area (Å²) >= 11 is 0. The number of nitro groups is 1. The zero-order chi connectivity index (χ0) is 15.9. The van der Waals surface area contributed by atoms with Crippen LogP contribution in [-0.2, 0) is 0 Å². The summed E-state index contributed by atoms with van der Waals surface area (Å²) in [7, 11) is 0. The minimum absolute atomic E-state index is 0.0115. The number of fused-ring (bicyclic) bond motifs is 1. The SMILES string of the molecule is Cc1ccn2c(N=O)c(-c3ccc(C)c([N+](=O)[O-])c3)nc2c1. The average molecular weight is 296 g/mol. The van der Waals surface area contributed by atoms with E-state index in [2.05, 4.69) is 10.2 Å². The van der Waals surface area contributed by atoms with Crippen LogP contribution in [0.25, 0.3) is 16.9 Å². The molecule has 110 valence electrons. The Labute approximate surface area is 125 Å². The molecule has 0 saturated heterocycles. The maximum Gasteiger partial charge on any atom is 0.272 e. The maximum absolute atomic E-state index is 11.2. The van der Waals surface area contributed by atoms with Gasteiger partial charge in [-0.1, -0.05) is 12.1 Å². The number of hydrogen-bond donors (Lipinski definition) is 0. The largest absolute Gasteiger partial charge is 0.281 e. The number of pyridine rings is 1. The predicted octanol–water partition coefficient (Wildman–Crippen LogP) is 3.92. The monoisotopic (exact) mass is 296 g/mol. The van der Waals surface area contributed by atoms with Gasteiger partial charge in [0.15, 0.2) is 0 Å². The average Bonchev–Trinajstić information content (AvgIpc) is 2.84. The lowest BCUT2D eigenvalue weighted by molar-refractivity contribution is -0.385. The lowest BCUT2D eigenvalue weighted by atomic mass is 10.1. The third-order valence-corrected chi connectivity index (χ3v) is 3.52. The van der Waals surface area contributed by atoms with Gasteiger partial charge in [0.2, 0.25) is 5.82 Å². The molecule has 7 nitrogen and oxygen atoms in total. The summed E-state index contributed by atoms with van der Waals surface area (Å²) in [6.07, 6.45) is 1.71. The van der Waals surface area contributed by atoms with E-state index in [4.69, 9.17) is 0 Å². The number of imidazole rings is 1. The van der Waals surface area contributed by atoms with Crippen molar-refractivity contribution in [1.29, 1.82) is 0 Å². The molecule has 0 amide bonds. The van der Waals surface area contributed by atoms with Crippen LogP contribution in [0, 0.1) is 28.9 Å². The van der Waals surface area contributed by atoms with Crippen LogP contribution in [0.15, 0.2) is 41.7 Å². The molecule has 0 saturated carbocycles. The first-order valence-corrected chi connectivity index (χ1v) is 6.58. The second-order valence-electron chi connectivity index (χ2n) is 5.07. The minimum Gasteiger partial charge on any atom is -0.281 e. The molecule has 7 heteroatoms. The molecule has 0 spiro atoms. The number of benzene rings is 1. The molecule has 1 aromatic carbocycles. The fraction of sp³-hybridized carbons (Fsp3) is 0.133. The zero-order valence-electron chi connectivity index (χ0n) is 12.0. The van der Waals surface area contributed by atoms with Crippen LogP contribution in [-0.4, -0.2) is 14.3 Å². The topological polar surface area (TPSA) is 89.9 Å². The van der Waals surface area contributed by atoms with E-state index in [1.54, 1.807) is 29.7 Å². The summed E-state index contributed by atoms with van der Waals surface area (Å²) in [5, 5.41) is 14.1. The highest BCUT2D eigenvalue weighted by atomic mass is 16.6. The van der Waals surface area contributed by atoms with E-state index in [0.717, 1.165) is 5.56 Å². The number of rotatable bonds is 3. The molecule has 0 radical (unpaired) electrons. The van der Waals surface area contributed by atoms with E-state index >= 15 is 0 Å². The van der Waals surface area contributed by atoms with E-state index in [-0.39, 0.29) is 11.5 Å². The van der Waals surface area contributed by atoms with Gasteiger partial charge in [0, 0.05) is 23.4 Å². The molecule has 22 heavy (non-hydrogen) atoms. The van der Waals surface area contributed by atoms with E-state index < -0.39 is 4.92 Å². The Kier molecular flexibility index (Phi) is 3.17. The van der Waals surface area contributed by atoms with Crippen LogP contribution in [0.2, 0.25) is 0 Å². The van der Waals surface area contributed by atoms with Crippen molar-refractivity contribution in [1.82, 2.24) is 9.38 Å². The second kappa shape index (κ2) is 5.03. The zero-order valence-corrected chi connectivity index (χ0v) is 12.0. The van der Waals surface area contributed by atoms with Crippen LogP contribution < -0.4 is 0 Å². The molecule has 0 fully saturated rings. The van der Waals surface area contributed by atoms with Gasteiger partial charge in [0.05, 0.1) is 4.92 Å². The molecule has 0 aliphatic carbocycles. The highest BCUT2D eigenvalue weighted by molar-refractivity contribution is 5.76. The van der Waals surface area contributed by atoms with Crippen molar-refractivity contribution in [3.8, 4) is 11.3 Å². The Bertz CT molecular complexity index is 915. The third kappa shape index (κ3) is 2.12. The summed E-state index contributed by atoms with van der Waals surface area (Å²) < 4.78 is 1.57. The molecular formula is C15H12N4O3. The summed E-state index contributed by atoms with van der Waals surface area (Å²) in [5.41, 5.74) is 2.94. The molecule has 0 aliphatic rings. The molecule has 0 atom stereocenters. The molecule has 0 unspecified atom stereocenters. The lowest BCUT2D eigenvalue weighted by Crippen LogP contribution is -1.92. The van der Waals surface area contributed by atoms with Gasteiger partial charge in [0.1, 0.15) is 11.3 Å². The highest BCUT2D eigenvalue weighted by Crippen LogP contribution is 2.33. The minimum atomic E-state index is -0.452. The van der Waals surface area contributed by atoms with Gasteiger partial charge in [-0.15, -0.1) is 4.91 Å². The first kappa shape index (κ1) is 13.9. The molecule has 0 bridgehead atoms. The Morgan fingerprint density at radius 2 is 2.00 bits per heavy atom. The quantitative estimate of drug-likeness (QED) is 0.416. The van der Waals surface area contributed by atoms with Crippen molar-refractivity contribution in [2.45, 2.75) is 13.8 Å². The van der Waals surface area contributed by atoms with Crippen molar-refractivity contribution in [3.05, 3.63) is 62.7 Å². The van der Waals surface area contributed by atoms with Crippen molar-refractivity contribution in [3.63, 3.8) is 0 Å². The summed E-state index contributed by atoms with van der Waals surface area (Å²) in [6, 6.07) is 8.41. The van der Waals surface area contributed by atoms with Crippen molar-refractivity contribution in [2.75, 3.05) is 0 Å². The standard InChI is InChI=1S/C15H12N4O3/c1-9-5-6-18-13(7-9)16-14(15(18)17-20)11-4-3-10(2)12(8-11)19(21)22/h3-8H,1-2H3. The molecule has 0 aliphatic heterocycles. The number of aromatic nitrogens is 2. The van der Waals surface area contributed by atoms with Gasteiger partial charge in [-0.05, 0) is 36.7 Å². The molecule has 0 N–H and O–H groups in total. The number of aryl methyl sites for hydroxylation is 2. The fourth-order valence-electron chi connectivity index (χ4n) is 2.37. The summed E-state index contributed by atoms with van der Waals surface area (Å²) in [4.78, 5) is 26.2. The van der Waals surface area contributed by atoms with E-state index in [9.17, 15) is 15.0 Å². The van der Waals surface area contributed by atoms with Crippen LogP contribution in [0.5, 0.6) is 0 Å². The first-order chi connectivity index (χ1) is 10.5. The molecule has 2 aromatic heterocycles. The van der Waals surface area contributed by atoms with Gasteiger partial charge in [-0.2, -0.15) is 0 Å². The summed E-state index contributed by atoms with van der Waals surface area (Å²) in [6.45, 7) is 3.58. The van der Waals surface area contributed by atoms with Crippen molar-refractivity contribution in [2.24, 2.45) is 5.18 Å². The number of nitrogens with zero attached hydrogens (tertiary/aromatic N) is 4. The normalized spacial score (nSPS) is 10.8. The smallest absolute Gasteiger partial charge is 0.272 e. The van der Waals surface area contributed by atoms with Crippen LogP contribution in [0.3, 0.4) is 0 Å². The van der Waals surface area contributed by atoms with Crippen molar-refractivity contribution < 1.29 is 4.92 Å². The van der Waals surface area contributed by atoms with E-state index in [0.29, 0.717) is 22.5 Å². The summed E-state index contributed by atoms with van der Waals surface area (Å²) in [5.74, 6) is 0.133. The molecule has 3 aromatic rings. The Morgan fingerprint density at radius 3 is 2.68 bits per heavy atom. The molecule has 3 rings (SSSR count). The molecule has 2 heterocycles. The van der Waals surface area contributed by atoms with Gasteiger partial charge in [-0.25, -0.2) is 4.98 Å². The van der Waals surface area contributed by atoms with Gasteiger partial charge in [-0.3, -0.25) is 14.5 Å². The van der Waals surface area contributed by atoms with Crippen LogP contribution >= 0.6 is 0 Å². The number of nitroso groups, excluding NO2 is 1. The van der Waals surface area contributed by atoms with Gasteiger partial charge >= 0.3 is 0 Å². The molecular weight excluding hydrogens is 284 g/mol. The van der Waals surface area contributed by atoms with Crippen LogP contribution in [0.4, 0.5) is 11.5 Å². The fourth-order valence-corrected chi connectivity index (χ4v) is 2.37. The van der Waals surface area contributed by atoms with E-state index in [1.165, 1.54) is 6.07 Å². The Balaban J connectivity index is 2.28. The predicted molar refractivity (Wildman–Crippen MR) is 82.2 cm³/mol. The third-order valence-electron chi connectivity index (χ3n) is 3.52. The first-order valence-electron chi connectivity index (χ1n) is 6.58. The Hall–Kier alpha value is -3.09. The van der Waals surface area contributed by atoms with Gasteiger partial charge < -0.3 is 0 Å². The van der Waals surface area contributed by atoms with Crippen LogP contribution in [0.1, 0.15) is 11.1 Å². The maximum atomic E-state index is 11.2. The van der Waals surface area contributed by atoms with Crippen molar-refractivity contribution >= 4 is 17.2 Å². The Morgan fingerprint density at radius 1 is 1.23 bits per heavy atom.